The molecular weight excluding hydrogens is 719 g/mol. The van der Waals surface area contributed by atoms with Crippen LogP contribution in [0.3, 0.4) is 0 Å². The summed E-state index contributed by atoms with van der Waals surface area (Å²) < 4.78 is -0.130. The van der Waals surface area contributed by atoms with Gasteiger partial charge < -0.3 is 15.4 Å². The van der Waals surface area contributed by atoms with Gasteiger partial charge in [-0.2, -0.15) is 0 Å². The number of amides is 1. The van der Waals surface area contributed by atoms with Crippen molar-refractivity contribution in [3.8, 4) is 0 Å². The van der Waals surface area contributed by atoms with Crippen molar-refractivity contribution in [3.63, 3.8) is 0 Å². The van der Waals surface area contributed by atoms with Crippen LogP contribution >= 0.6 is 67.8 Å². The maximum absolute atomic E-state index is 12.7. The van der Waals surface area contributed by atoms with Gasteiger partial charge in [0, 0.05) is 31.0 Å². The minimum atomic E-state index is -0.226. The number of carbonyl (C=O) groups excluding carboxylic acids is 1. The lowest BCUT2D eigenvalue weighted by atomic mass is 9.88. The van der Waals surface area contributed by atoms with Gasteiger partial charge in [-0.15, -0.1) is 0 Å². The van der Waals surface area contributed by atoms with Crippen molar-refractivity contribution in [1.29, 1.82) is 0 Å². The Morgan fingerprint density at radius 1 is 1.20 bits per heavy atom. The van der Waals surface area contributed by atoms with Gasteiger partial charge >= 0.3 is 0 Å². The molecule has 3 atom stereocenters. The first kappa shape index (κ1) is 24.7. The van der Waals surface area contributed by atoms with Gasteiger partial charge in [0.05, 0.1) is 6.10 Å². The molecule has 1 unspecified atom stereocenters. The number of rotatable bonds is 5. The highest BCUT2D eigenvalue weighted by Gasteiger charge is 2.32. The fourth-order valence-corrected chi connectivity index (χ4v) is 5.76. The summed E-state index contributed by atoms with van der Waals surface area (Å²) in [5.74, 6) is 0.423. The number of benzene rings is 1. The molecule has 2 aromatic rings. The van der Waals surface area contributed by atoms with E-state index in [9.17, 15) is 9.90 Å². The summed E-state index contributed by atoms with van der Waals surface area (Å²) >= 11 is 7.32. The number of carbonyl (C=O) groups is 1. The van der Waals surface area contributed by atoms with Crippen molar-refractivity contribution in [2.75, 3.05) is 18.4 Å². The zero-order valence-electron chi connectivity index (χ0n) is 17.6. The van der Waals surface area contributed by atoms with Gasteiger partial charge in [0.15, 0.2) is 0 Å². The van der Waals surface area contributed by atoms with E-state index < -0.39 is 0 Å². The normalized spacial score (nSPS) is 22.9. The Morgan fingerprint density at radius 3 is 2.37 bits per heavy atom. The third-order valence-electron chi connectivity index (χ3n) is 5.70. The minimum Gasteiger partial charge on any atom is -0.392 e. The lowest BCUT2D eigenvalue weighted by Gasteiger charge is -2.39. The molecule has 0 aliphatic carbocycles. The molecule has 1 aromatic carbocycles. The topological polar surface area (TPSA) is 68.4 Å². The van der Waals surface area contributed by atoms with Crippen LogP contribution in [0, 0.1) is 25.7 Å². The number of hydrogen-bond acceptors (Lipinski definition) is 3. The Balaban J connectivity index is 1.82. The van der Waals surface area contributed by atoms with Crippen molar-refractivity contribution >= 4 is 79.4 Å². The average molecular weight is 747 g/mol. The predicted octanol–water partition coefficient (Wildman–Crippen LogP) is 5.75. The molecule has 1 amide bonds. The molecule has 8 heteroatoms. The zero-order valence-corrected chi connectivity index (χ0v) is 24.1. The molecule has 1 aromatic heterocycles. The summed E-state index contributed by atoms with van der Waals surface area (Å²) in [6.07, 6.45) is -0.226. The van der Waals surface area contributed by atoms with Gasteiger partial charge in [-0.25, -0.2) is 0 Å². The molecule has 3 N–H and O–H groups in total. The van der Waals surface area contributed by atoms with Gasteiger partial charge in [-0.3, -0.25) is 9.69 Å². The van der Waals surface area contributed by atoms with Gasteiger partial charge in [0.25, 0.3) is 5.91 Å². The summed E-state index contributed by atoms with van der Waals surface area (Å²) in [7, 11) is 0. The monoisotopic (exact) mass is 747 g/mol. The highest BCUT2D eigenvalue weighted by atomic mass is 127. The molecular formula is C22H28I3N3O2. The Bertz CT molecular complexity index is 911. The number of piperidine rings is 1. The van der Waals surface area contributed by atoms with Crippen LogP contribution in [0.25, 0.3) is 0 Å². The third kappa shape index (κ3) is 5.90. The number of H-pyrrole nitrogens is 1. The maximum atomic E-state index is 12.7. The molecule has 0 spiro atoms. The quantitative estimate of drug-likeness (QED) is 0.270. The molecule has 2 heterocycles. The van der Waals surface area contributed by atoms with E-state index >= 15 is 0 Å². The Labute approximate surface area is 219 Å². The van der Waals surface area contributed by atoms with Crippen LogP contribution in [0.15, 0.2) is 24.3 Å². The molecule has 5 nitrogen and oxygen atoms in total. The number of anilines is 1. The predicted molar refractivity (Wildman–Crippen MR) is 148 cm³/mol. The van der Waals surface area contributed by atoms with Gasteiger partial charge in [0.2, 0.25) is 0 Å². The van der Waals surface area contributed by atoms with E-state index in [0.29, 0.717) is 5.69 Å². The van der Waals surface area contributed by atoms with Crippen LogP contribution in [0.4, 0.5) is 5.69 Å². The van der Waals surface area contributed by atoms with E-state index in [1.165, 1.54) is 11.1 Å². The number of halogens is 3. The highest BCUT2D eigenvalue weighted by Crippen LogP contribution is 2.48. The highest BCUT2D eigenvalue weighted by molar-refractivity contribution is 14.3. The molecule has 1 aliphatic heterocycles. The number of nitrogens with zero attached hydrogens (tertiary/aromatic N) is 1. The van der Waals surface area contributed by atoms with Crippen molar-refractivity contribution < 1.29 is 9.90 Å². The van der Waals surface area contributed by atoms with E-state index in [0.717, 1.165) is 36.6 Å². The largest absolute Gasteiger partial charge is 0.392 e. The number of aromatic nitrogens is 1. The number of nitrogens with one attached hydrogen (secondary N) is 2. The van der Waals surface area contributed by atoms with Gasteiger partial charge in [0.1, 0.15) is 5.13 Å². The van der Waals surface area contributed by atoms with Crippen molar-refractivity contribution in [3.05, 3.63) is 52.3 Å². The molecule has 1 fully saturated rings. The number of aryl methyl sites for hydroxylation is 2. The molecule has 1 aliphatic rings. The average Bonchev–Trinajstić information content (AvgIpc) is 2.98. The molecule has 3 rings (SSSR count). The Kier molecular flexibility index (Phi) is 8.17. The van der Waals surface area contributed by atoms with Crippen molar-refractivity contribution in [2.45, 2.75) is 39.8 Å². The van der Waals surface area contributed by atoms with Crippen molar-refractivity contribution in [1.82, 2.24) is 9.88 Å². The standard InChI is InChI=1S/C22H28I3N3O2/c1-12-7-15(4)26-19(12)21(30)27-17-6-5-16(18(8-17)22(23,24)25)11-28-9-13(2)20(29)14(3)10-28/h5-8,13-14,20,26,29H,9-11H2,1-4H3,(H,27,30)/t13-,14+,20?. The first-order valence-electron chi connectivity index (χ1n) is 10.0. The number of aliphatic hydroxyl groups excluding tert-OH is 1. The lowest BCUT2D eigenvalue weighted by molar-refractivity contribution is -0.0107. The first-order valence-corrected chi connectivity index (χ1v) is 13.3. The van der Waals surface area contributed by atoms with Crippen LogP contribution in [-0.4, -0.2) is 40.1 Å². The molecule has 30 heavy (non-hydrogen) atoms. The second-order valence-electron chi connectivity index (χ2n) is 8.47. The van der Waals surface area contributed by atoms with Crippen LogP contribution < -0.4 is 5.32 Å². The van der Waals surface area contributed by atoms with Crippen LogP contribution in [0.5, 0.6) is 0 Å². The smallest absolute Gasteiger partial charge is 0.272 e. The van der Waals surface area contributed by atoms with Crippen LogP contribution in [0.2, 0.25) is 0 Å². The molecule has 164 valence electrons. The summed E-state index contributed by atoms with van der Waals surface area (Å²) in [4.78, 5) is 18.3. The number of aliphatic hydroxyl groups is 1. The SMILES string of the molecule is Cc1cc(C)c(C(=O)Nc2ccc(CN3C[C@@H](C)C(O)[C@@H](C)C3)c(C(I)(I)I)c2)[nH]1. The third-order valence-corrected chi connectivity index (χ3v) is 7.45. The molecule has 0 bridgehead atoms. The van der Waals surface area contributed by atoms with Gasteiger partial charge in [-0.1, -0.05) is 19.9 Å². The number of alkyl halides is 3. The van der Waals surface area contributed by atoms with Crippen LogP contribution in [0.1, 0.15) is 46.7 Å². The van der Waals surface area contributed by atoms with Crippen LogP contribution in [-0.2, 0) is 5.98 Å². The zero-order chi connectivity index (χ0) is 22.2. The van der Waals surface area contributed by atoms with E-state index in [-0.39, 0.29) is 23.3 Å². The fraction of sp³-hybridized carbons (Fsp3) is 0.500. The molecule has 1 saturated heterocycles. The summed E-state index contributed by atoms with van der Waals surface area (Å²) in [5.41, 5.74) is 5.80. The Morgan fingerprint density at radius 2 is 1.83 bits per heavy atom. The minimum absolute atomic E-state index is 0.118. The van der Waals surface area contributed by atoms with E-state index in [1.54, 1.807) is 0 Å². The van der Waals surface area contributed by atoms with Crippen molar-refractivity contribution in [2.24, 2.45) is 11.8 Å². The number of likely N-dealkylation sites (tertiary alicyclic amines) is 1. The summed E-state index contributed by atoms with van der Waals surface area (Å²) in [6.45, 7) is 10.8. The fourth-order valence-electron chi connectivity index (χ4n) is 4.25. The Hall–Kier alpha value is 0.0800. The summed E-state index contributed by atoms with van der Waals surface area (Å²) in [6, 6.07) is 8.19. The number of hydrogen-bond donors (Lipinski definition) is 3. The lowest BCUT2D eigenvalue weighted by Crippen LogP contribution is -2.47. The molecule has 0 saturated carbocycles. The maximum Gasteiger partial charge on any atom is 0.272 e. The molecule has 0 radical (unpaired) electrons. The van der Waals surface area contributed by atoms with E-state index in [4.69, 9.17) is 0 Å². The van der Waals surface area contributed by atoms with Gasteiger partial charge in [-0.05, 0) is 128 Å². The van der Waals surface area contributed by atoms with E-state index in [2.05, 4.69) is 109 Å². The summed E-state index contributed by atoms with van der Waals surface area (Å²) in [5, 5.41) is 13.3. The number of aromatic amines is 1. The first-order chi connectivity index (χ1) is 14.0. The second-order valence-corrected chi connectivity index (χ2v) is 19.5. The second kappa shape index (κ2) is 9.92. The van der Waals surface area contributed by atoms with E-state index in [1.807, 2.05) is 26.0 Å².